The standard InChI is InChI=1S/C25H15F4N5O2/c26-15-7-5-13(6-8-15)17-11-14(12-18(22(30)35)20(17)25(27,28)29)16-3-1-4-19-21(16)33-24(36)34(19)23-31-9-2-10-32-23/h1-12H,(H2,30,35)(H,33,36). The Bertz CT molecular complexity index is 1670. The van der Waals surface area contributed by atoms with E-state index in [4.69, 9.17) is 5.73 Å². The third-order valence-corrected chi connectivity index (χ3v) is 5.62. The Kier molecular flexibility index (Phi) is 5.39. The summed E-state index contributed by atoms with van der Waals surface area (Å²) in [5, 5.41) is 0. The van der Waals surface area contributed by atoms with Gasteiger partial charge in [-0.1, -0.05) is 24.3 Å². The number of benzene rings is 3. The molecule has 2 heterocycles. The van der Waals surface area contributed by atoms with E-state index in [0.29, 0.717) is 11.1 Å². The number of nitrogens with one attached hydrogen (secondary N) is 1. The number of H-pyrrole nitrogens is 1. The minimum Gasteiger partial charge on any atom is -0.366 e. The Morgan fingerprint density at radius 3 is 2.25 bits per heavy atom. The number of aromatic amines is 1. The minimum absolute atomic E-state index is 0.0315. The molecule has 0 unspecified atom stereocenters. The van der Waals surface area contributed by atoms with Crippen LogP contribution in [-0.2, 0) is 6.18 Å². The first-order chi connectivity index (χ1) is 17.1. The molecule has 2 aromatic heterocycles. The number of carbonyl (C=O) groups is 1. The zero-order chi connectivity index (χ0) is 25.6. The van der Waals surface area contributed by atoms with Gasteiger partial charge in [-0.2, -0.15) is 13.2 Å². The average molecular weight is 493 g/mol. The number of hydrogen-bond acceptors (Lipinski definition) is 4. The number of halogens is 4. The number of fused-ring (bicyclic) bond motifs is 1. The SMILES string of the molecule is NC(=O)c1cc(-c2cccc3c2[nH]c(=O)n3-c2ncccn2)cc(-c2ccc(F)cc2)c1C(F)(F)F. The maximum absolute atomic E-state index is 14.1. The number of rotatable bonds is 4. The molecule has 5 aromatic rings. The van der Waals surface area contributed by atoms with Crippen LogP contribution in [0.25, 0.3) is 39.2 Å². The van der Waals surface area contributed by atoms with Gasteiger partial charge in [0.15, 0.2) is 0 Å². The number of aromatic nitrogens is 4. The van der Waals surface area contributed by atoms with Crippen LogP contribution in [0.2, 0.25) is 0 Å². The zero-order valence-electron chi connectivity index (χ0n) is 18.2. The van der Waals surface area contributed by atoms with Crippen LogP contribution in [0, 0.1) is 5.82 Å². The van der Waals surface area contributed by atoms with Gasteiger partial charge >= 0.3 is 11.9 Å². The molecule has 0 radical (unpaired) electrons. The maximum atomic E-state index is 14.1. The van der Waals surface area contributed by atoms with E-state index in [1.807, 2.05) is 0 Å². The van der Waals surface area contributed by atoms with Crippen LogP contribution in [0.1, 0.15) is 15.9 Å². The summed E-state index contributed by atoms with van der Waals surface area (Å²) in [6.45, 7) is 0. The van der Waals surface area contributed by atoms with Crippen molar-refractivity contribution in [3.63, 3.8) is 0 Å². The molecule has 0 fully saturated rings. The molecule has 36 heavy (non-hydrogen) atoms. The molecule has 180 valence electrons. The Morgan fingerprint density at radius 2 is 1.61 bits per heavy atom. The van der Waals surface area contributed by atoms with E-state index >= 15 is 0 Å². The highest BCUT2D eigenvalue weighted by molar-refractivity contribution is 6.01. The van der Waals surface area contributed by atoms with E-state index in [1.54, 1.807) is 24.3 Å². The van der Waals surface area contributed by atoms with Gasteiger partial charge in [-0.15, -0.1) is 0 Å². The summed E-state index contributed by atoms with van der Waals surface area (Å²) in [4.78, 5) is 35.8. The van der Waals surface area contributed by atoms with Crippen LogP contribution >= 0.6 is 0 Å². The topological polar surface area (TPSA) is 107 Å². The molecule has 0 atom stereocenters. The van der Waals surface area contributed by atoms with E-state index in [9.17, 15) is 27.2 Å². The normalized spacial score (nSPS) is 11.7. The monoisotopic (exact) mass is 493 g/mol. The van der Waals surface area contributed by atoms with Crippen molar-refractivity contribution in [2.24, 2.45) is 5.73 Å². The van der Waals surface area contributed by atoms with Crippen molar-refractivity contribution in [1.29, 1.82) is 0 Å². The number of para-hydroxylation sites is 1. The van der Waals surface area contributed by atoms with Crippen LogP contribution in [0.4, 0.5) is 17.6 Å². The molecule has 0 spiro atoms. The van der Waals surface area contributed by atoms with E-state index in [2.05, 4.69) is 15.0 Å². The summed E-state index contributed by atoms with van der Waals surface area (Å²) in [7, 11) is 0. The summed E-state index contributed by atoms with van der Waals surface area (Å²) < 4.78 is 57.1. The first-order valence-corrected chi connectivity index (χ1v) is 10.5. The summed E-state index contributed by atoms with van der Waals surface area (Å²) in [6.07, 6.45) is -2.01. The number of primary amides is 1. The Labute approximate surface area is 199 Å². The van der Waals surface area contributed by atoms with E-state index in [0.717, 1.165) is 18.2 Å². The molecule has 0 saturated heterocycles. The molecule has 0 bridgehead atoms. The predicted molar refractivity (Wildman–Crippen MR) is 124 cm³/mol. The van der Waals surface area contributed by atoms with Gasteiger partial charge in [-0.25, -0.2) is 23.7 Å². The highest BCUT2D eigenvalue weighted by Gasteiger charge is 2.38. The molecule has 0 aliphatic rings. The first-order valence-electron chi connectivity index (χ1n) is 10.5. The first kappa shape index (κ1) is 23.0. The average Bonchev–Trinajstić information content (AvgIpc) is 3.19. The van der Waals surface area contributed by atoms with E-state index in [1.165, 1.54) is 35.2 Å². The number of nitrogens with zero attached hydrogens (tertiary/aromatic N) is 3. The fraction of sp³-hybridized carbons (Fsp3) is 0.0400. The lowest BCUT2D eigenvalue weighted by Gasteiger charge is -2.19. The zero-order valence-corrected chi connectivity index (χ0v) is 18.2. The maximum Gasteiger partial charge on any atom is 0.417 e. The highest BCUT2D eigenvalue weighted by atomic mass is 19.4. The van der Waals surface area contributed by atoms with Gasteiger partial charge < -0.3 is 10.7 Å². The number of hydrogen-bond donors (Lipinski definition) is 2. The van der Waals surface area contributed by atoms with Gasteiger partial charge in [-0.05, 0) is 53.1 Å². The smallest absolute Gasteiger partial charge is 0.366 e. The molecule has 11 heteroatoms. The number of nitrogens with two attached hydrogens (primary N) is 1. The summed E-state index contributed by atoms with van der Waals surface area (Å²) in [5.74, 6) is -1.82. The van der Waals surface area contributed by atoms with Crippen molar-refractivity contribution >= 4 is 16.9 Å². The number of amides is 1. The number of imidazole rings is 1. The highest BCUT2D eigenvalue weighted by Crippen LogP contribution is 2.42. The Morgan fingerprint density at radius 1 is 0.917 bits per heavy atom. The van der Waals surface area contributed by atoms with E-state index in [-0.39, 0.29) is 28.2 Å². The fourth-order valence-corrected chi connectivity index (χ4v) is 4.13. The Balaban J connectivity index is 1.83. The lowest BCUT2D eigenvalue weighted by atomic mass is 9.89. The summed E-state index contributed by atoms with van der Waals surface area (Å²) in [5.41, 5.74) is 3.65. The van der Waals surface area contributed by atoms with Crippen molar-refractivity contribution in [3.05, 3.63) is 100 Å². The van der Waals surface area contributed by atoms with Crippen LogP contribution in [0.5, 0.6) is 0 Å². The molecular formula is C25H15F4N5O2. The van der Waals surface area contributed by atoms with Gasteiger partial charge in [0, 0.05) is 18.0 Å². The quantitative estimate of drug-likeness (QED) is 0.354. The van der Waals surface area contributed by atoms with Crippen molar-refractivity contribution in [2.75, 3.05) is 0 Å². The van der Waals surface area contributed by atoms with Crippen LogP contribution in [-0.4, -0.2) is 25.4 Å². The second-order valence-corrected chi connectivity index (χ2v) is 7.83. The van der Waals surface area contributed by atoms with Gasteiger partial charge in [-0.3, -0.25) is 4.79 Å². The number of alkyl halides is 3. The molecule has 3 aromatic carbocycles. The molecule has 0 saturated carbocycles. The third-order valence-electron chi connectivity index (χ3n) is 5.62. The summed E-state index contributed by atoms with van der Waals surface area (Å²) >= 11 is 0. The molecule has 1 amide bonds. The van der Waals surface area contributed by atoms with Gasteiger partial charge in [0.25, 0.3) is 0 Å². The van der Waals surface area contributed by atoms with Gasteiger partial charge in [0.2, 0.25) is 11.9 Å². The van der Waals surface area contributed by atoms with Crippen LogP contribution < -0.4 is 11.4 Å². The second kappa shape index (κ2) is 8.45. The Hall–Kier alpha value is -4.80. The lowest BCUT2D eigenvalue weighted by molar-refractivity contribution is -0.137. The third kappa shape index (κ3) is 3.90. The molecule has 7 nitrogen and oxygen atoms in total. The number of carbonyl (C=O) groups excluding carboxylic acids is 1. The van der Waals surface area contributed by atoms with Crippen molar-refractivity contribution in [1.82, 2.24) is 19.5 Å². The van der Waals surface area contributed by atoms with Crippen molar-refractivity contribution in [2.45, 2.75) is 6.18 Å². The van der Waals surface area contributed by atoms with Crippen molar-refractivity contribution in [3.8, 4) is 28.2 Å². The second-order valence-electron chi connectivity index (χ2n) is 7.83. The molecule has 0 aliphatic carbocycles. The molecular weight excluding hydrogens is 478 g/mol. The minimum atomic E-state index is -4.93. The largest absolute Gasteiger partial charge is 0.417 e. The van der Waals surface area contributed by atoms with Crippen molar-refractivity contribution < 1.29 is 22.4 Å². The fourth-order valence-electron chi connectivity index (χ4n) is 4.13. The van der Waals surface area contributed by atoms with Gasteiger partial charge in [0.05, 0.1) is 22.2 Å². The predicted octanol–water partition coefficient (Wildman–Crippen LogP) is 4.70. The molecule has 5 rings (SSSR count). The van der Waals surface area contributed by atoms with E-state index < -0.39 is 34.7 Å². The van der Waals surface area contributed by atoms with Crippen LogP contribution in [0.3, 0.4) is 0 Å². The van der Waals surface area contributed by atoms with Crippen LogP contribution in [0.15, 0.2) is 77.9 Å². The lowest BCUT2D eigenvalue weighted by Crippen LogP contribution is -2.20. The van der Waals surface area contributed by atoms with Gasteiger partial charge in [0.1, 0.15) is 5.82 Å². The summed E-state index contributed by atoms with van der Waals surface area (Å²) in [6, 6.07) is 13.0. The molecule has 3 N–H and O–H groups in total. The molecule has 0 aliphatic heterocycles.